The van der Waals surface area contributed by atoms with Gasteiger partial charge in [-0.05, 0) is 48.6 Å². The van der Waals surface area contributed by atoms with E-state index in [-0.39, 0.29) is 0 Å². The Balaban J connectivity index is 1.62. The number of hydrogen-bond acceptors (Lipinski definition) is 2. The van der Waals surface area contributed by atoms with E-state index >= 15 is 0 Å². The molecule has 0 aromatic heterocycles. The van der Waals surface area contributed by atoms with Gasteiger partial charge in [0, 0.05) is 32.6 Å². The number of unbranched alkanes of at least 4 members (excludes halogenated alkanes) is 2. The standard InChI is InChI=1S/C26H23BrO2/c1-2-3-4-8-21-16-20-17-22(27)12-13-24(20)28-26(21)15-14-19-11-10-18-7-5-6-9-23(18)25(19)29-26/h5-7,9-17H,2-4,8H2,1H3. The Morgan fingerprint density at radius 1 is 0.931 bits per heavy atom. The largest absolute Gasteiger partial charge is 0.444 e. The molecular formula is C26H23BrO2. The van der Waals surface area contributed by atoms with Crippen molar-refractivity contribution >= 4 is 38.9 Å². The van der Waals surface area contributed by atoms with Crippen molar-refractivity contribution in [2.24, 2.45) is 0 Å². The maximum Gasteiger partial charge on any atom is 0.294 e. The lowest BCUT2D eigenvalue weighted by atomic mass is 9.91. The van der Waals surface area contributed by atoms with E-state index in [9.17, 15) is 0 Å². The van der Waals surface area contributed by atoms with Crippen molar-refractivity contribution < 1.29 is 9.47 Å². The maximum atomic E-state index is 6.72. The number of rotatable bonds is 4. The van der Waals surface area contributed by atoms with Gasteiger partial charge in [0.2, 0.25) is 0 Å². The molecule has 0 fully saturated rings. The van der Waals surface area contributed by atoms with Crippen molar-refractivity contribution in [3.8, 4) is 11.5 Å². The van der Waals surface area contributed by atoms with Crippen molar-refractivity contribution in [1.29, 1.82) is 0 Å². The highest BCUT2D eigenvalue weighted by molar-refractivity contribution is 9.10. The zero-order valence-electron chi connectivity index (χ0n) is 16.5. The molecule has 5 rings (SSSR count). The highest BCUT2D eigenvalue weighted by Crippen LogP contribution is 2.46. The van der Waals surface area contributed by atoms with Gasteiger partial charge in [-0.25, -0.2) is 0 Å². The lowest BCUT2D eigenvalue weighted by molar-refractivity contribution is -0.0428. The zero-order valence-corrected chi connectivity index (χ0v) is 18.0. The van der Waals surface area contributed by atoms with E-state index in [0.717, 1.165) is 45.3 Å². The molecule has 0 saturated heterocycles. The van der Waals surface area contributed by atoms with Gasteiger partial charge in [-0.3, -0.25) is 0 Å². The third-order valence-corrected chi connectivity index (χ3v) is 6.20. The van der Waals surface area contributed by atoms with Crippen molar-refractivity contribution in [3.63, 3.8) is 0 Å². The summed E-state index contributed by atoms with van der Waals surface area (Å²) in [4.78, 5) is 0. The van der Waals surface area contributed by atoms with Gasteiger partial charge in [-0.1, -0.05) is 72.1 Å². The minimum Gasteiger partial charge on any atom is -0.444 e. The van der Waals surface area contributed by atoms with Crippen LogP contribution < -0.4 is 9.47 Å². The van der Waals surface area contributed by atoms with Crippen LogP contribution in [-0.4, -0.2) is 5.79 Å². The van der Waals surface area contributed by atoms with Crippen molar-refractivity contribution in [2.45, 2.75) is 38.4 Å². The van der Waals surface area contributed by atoms with Crippen LogP contribution in [0.3, 0.4) is 0 Å². The minimum absolute atomic E-state index is 0.848. The maximum absolute atomic E-state index is 6.72. The van der Waals surface area contributed by atoms with E-state index < -0.39 is 5.79 Å². The summed E-state index contributed by atoms with van der Waals surface area (Å²) in [5.74, 6) is 0.861. The fourth-order valence-corrected chi connectivity index (χ4v) is 4.55. The Labute approximate surface area is 180 Å². The summed E-state index contributed by atoms with van der Waals surface area (Å²) in [5, 5.41) is 2.29. The first-order valence-corrected chi connectivity index (χ1v) is 11.1. The summed E-state index contributed by atoms with van der Waals surface area (Å²) < 4.78 is 14.3. The van der Waals surface area contributed by atoms with Gasteiger partial charge < -0.3 is 9.47 Å². The molecule has 0 aliphatic carbocycles. The number of ether oxygens (including phenoxy) is 2. The Hall–Kier alpha value is -2.52. The number of halogens is 1. The number of benzene rings is 3. The fourth-order valence-electron chi connectivity index (χ4n) is 4.17. The summed E-state index contributed by atoms with van der Waals surface area (Å²) in [6.07, 6.45) is 10.9. The predicted octanol–water partition coefficient (Wildman–Crippen LogP) is 7.76. The molecule has 146 valence electrons. The second kappa shape index (κ2) is 7.38. The molecule has 0 saturated carbocycles. The average Bonchev–Trinajstić information content (AvgIpc) is 2.74. The second-order valence-corrected chi connectivity index (χ2v) is 8.63. The van der Waals surface area contributed by atoms with Crippen LogP contribution in [0.1, 0.15) is 43.7 Å². The number of hydrogen-bond donors (Lipinski definition) is 0. The van der Waals surface area contributed by atoms with E-state index in [0.29, 0.717) is 0 Å². The second-order valence-electron chi connectivity index (χ2n) is 7.72. The molecule has 1 atom stereocenters. The third kappa shape index (κ3) is 3.28. The molecule has 1 unspecified atom stereocenters. The molecule has 0 N–H and O–H groups in total. The molecule has 0 bridgehead atoms. The highest BCUT2D eigenvalue weighted by atomic mass is 79.9. The van der Waals surface area contributed by atoms with Crippen LogP contribution in [0.5, 0.6) is 11.5 Å². The molecule has 29 heavy (non-hydrogen) atoms. The van der Waals surface area contributed by atoms with Crippen LogP contribution in [0.2, 0.25) is 0 Å². The van der Waals surface area contributed by atoms with Gasteiger partial charge in [0.25, 0.3) is 5.79 Å². The van der Waals surface area contributed by atoms with E-state index in [1.54, 1.807) is 0 Å². The van der Waals surface area contributed by atoms with Crippen LogP contribution >= 0.6 is 15.9 Å². The van der Waals surface area contributed by atoms with Gasteiger partial charge in [0.15, 0.2) is 0 Å². The smallest absolute Gasteiger partial charge is 0.294 e. The van der Waals surface area contributed by atoms with Crippen molar-refractivity contribution in [2.75, 3.05) is 0 Å². The SMILES string of the molecule is CCCCCC1=Cc2cc(Br)ccc2OC12C=Cc1ccc3ccccc3c1O2. The average molecular weight is 447 g/mol. The van der Waals surface area contributed by atoms with Gasteiger partial charge >= 0.3 is 0 Å². The van der Waals surface area contributed by atoms with Crippen molar-refractivity contribution in [3.05, 3.63) is 81.8 Å². The van der Waals surface area contributed by atoms with E-state index in [1.807, 2.05) is 12.1 Å². The highest BCUT2D eigenvalue weighted by Gasteiger charge is 2.42. The monoisotopic (exact) mass is 446 g/mol. The lowest BCUT2D eigenvalue weighted by Crippen LogP contribution is -2.45. The van der Waals surface area contributed by atoms with Gasteiger partial charge in [-0.15, -0.1) is 0 Å². The van der Waals surface area contributed by atoms with Gasteiger partial charge in [0.1, 0.15) is 11.5 Å². The lowest BCUT2D eigenvalue weighted by Gasteiger charge is -2.40. The van der Waals surface area contributed by atoms with Crippen LogP contribution in [0.25, 0.3) is 22.9 Å². The molecule has 3 heteroatoms. The molecule has 0 radical (unpaired) electrons. The first-order valence-electron chi connectivity index (χ1n) is 10.3. The summed E-state index contributed by atoms with van der Waals surface area (Å²) in [6.45, 7) is 2.23. The minimum atomic E-state index is -0.883. The fraction of sp³-hybridized carbons (Fsp3) is 0.231. The molecule has 2 nitrogen and oxygen atoms in total. The topological polar surface area (TPSA) is 18.5 Å². The first kappa shape index (κ1) is 18.5. The quantitative estimate of drug-likeness (QED) is 0.381. The van der Waals surface area contributed by atoms with E-state index in [2.05, 4.69) is 83.5 Å². The Kier molecular flexibility index (Phi) is 4.71. The normalized spacial score (nSPS) is 19.3. The van der Waals surface area contributed by atoms with E-state index in [1.165, 1.54) is 23.8 Å². The molecule has 0 amide bonds. The Bertz CT molecular complexity index is 1140. The zero-order chi connectivity index (χ0) is 19.8. The molecule has 2 aliphatic heterocycles. The molecule has 3 aromatic rings. The van der Waals surface area contributed by atoms with Crippen LogP contribution in [0.4, 0.5) is 0 Å². The summed E-state index contributed by atoms with van der Waals surface area (Å²) in [6, 6.07) is 18.8. The van der Waals surface area contributed by atoms with Crippen LogP contribution in [0, 0.1) is 0 Å². The summed E-state index contributed by atoms with van der Waals surface area (Å²) >= 11 is 3.58. The molecule has 1 spiro atoms. The Morgan fingerprint density at radius 2 is 1.83 bits per heavy atom. The molecular weight excluding hydrogens is 424 g/mol. The third-order valence-electron chi connectivity index (χ3n) is 5.71. The predicted molar refractivity (Wildman–Crippen MR) is 123 cm³/mol. The van der Waals surface area contributed by atoms with Crippen molar-refractivity contribution in [1.82, 2.24) is 0 Å². The summed E-state index contributed by atoms with van der Waals surface area (Å²) in [5.41, 5.74) is 3.36. The molecule has 3 aromatic carbocycles. The molecule has 2 heterocycles. The van der Waals surface area contributed by atoms with Gasteiger partial charge in [0.05, 0.1) is 0 Å². The van der Waals surface area contributed by atoms with Crippen LogP contribution in [-0.2, 0) is 0 Å². The summed E-state index contributed by atoms with van der Waals surface area (Å²) in [7, 11) is 0. The number of fused-ring (bicyclic) bond motifs is 4. The van der Waals surface area contributed by atoms with Crippen LogP contribution in [0.15, 0.2) is 70.7 Å². The first-order chi connectivity index (χ1) is 14.2. The van der Waals surface area contributed by atoms with Gasteiger partial charge in [-0.2, -0.15) is 0 Å². The Morgan fingerprint density at radius 3 is 2.72 bits per heavy atom. The van der Waals surface area contributed by atoms with E-state index in [4.69, 9.17) is 9.47 Å². The molecule has 2 aliphatic rings.